The summed E-state index contributed by atoms with van der Waals surface area (Å²) in [7, 11) is 0. The van der Waals surface area contributed by atoms with Crippen LogP contribution in [0.3, 0.4) is 0 Å². The van der Waals surface area contributed by atoms with Crippen molar-refractivity contribution in [1.82, 2.24) is 9.80 Å². The van der Waals surface area contributed by atoms with Gasteiger partial charge in [-0.2, -0.15) is 0 Å². The average Bonchev–Trinajstić information content (AvgIpc) is 2.13. The summed E-state index contributed by atoms with van der Waals surface area (Å²) in [5.41, 5.74) is -1.62. The predicted octanol–water partition coefficient (Wildman–Crippen LogP) is 2.63. The third kappa shape index (κ3) is 2.05. The molecule has 98 valence electrons. The van der Waals surface area contributed by atoms with E-state index in [4.69, 9.17) is 0 Å². The molecule has 0 aliphatic carbocycles. The zero-order chi connectivity index (χ0) is 13.8. The van der Waals surface area contributed by atoms with Crippen LogP contribution >= 0.6 is 0 Å². The van der Waals surface area contributed by atoms with Crippen LogP contribution in [-0.2, 0) is 4.79 Å². The number of rotatable bonds is 0. The molecule has 0 N–H and O–H groups in total. The Morgan fingerprint density at radius 3 is 1.47 bits per heavy atom. The maximum absolute atomic E-state index is 12.5. The van der Waals surface area contributed by atoms with Crippen LogP contribution in [0.15, 0.2) is 0 Å². The van der Waals surface area contributed by atoms with Gasteiger partial charge in [-0.25, -0.2) is 4.79 Å². The second-order valence-corrected chi connectivity index (χ2v) is 7.16. The van der Waals surface area contributed by atoms with Crippen molar-refractivity contribution in [1.29, 1.82) is 0 Å². The number of nitrogens with zero attached hydrogens (tertiary/aromatic N) is 2. The minimum absolute atomic E-state index is 0.120. The first kappa shape index (κ1) is 14.0. The van der Waals surface area contributed by atoms with Gasteiger partial charge in [0.2, 0.25) is 0 Å². The largest absolute Gasteiger partial charge is 0.328 e. The predicted molar refractivity (Wildman–Crippen MR) is 67.7 cm³/mol. The maximum atomic E-state index is 12.5. The molecular formula is C13H24N2O2. The highest BCUT2D eigenvalue weighted by atomic mass is 16.2. The maximum Gasteiger partial charge on any atom is 0.328 e. The van der Waals surface area contributed by atoms with E-state index in [0.717, 1.165) is 0 Å². The van der Waals surface area contributed by atoms with Crippen LogP contribution < -0.4 is 0 Å². The summed E-state index contributed by atoms with van der Waals surface area (Å²) < 4.78 is 0. The Morgan fingerprint density at radius 1 is 0.882 bits per heavy atom. The standard InChI is InChI=1S/C13H24N2O2/c1-11(2,3)14-9(16)13(7,8)15(10(14)17)12(4,5)6/h1-8H3. The van der Waals surface area contributed by atoms with Crippen molar-refractivity contribution >= 4 is 11.9 Å². The molecule has 3 amide bonds. The molecule has 1 aliphatic rings. The molecule has 1 saturated heterocycles. The van der Waals surface area contributed by atoms with E-state index in [1.165, 1.54) is 4.90 Å². The van der Waals surface area contributed by atoms with Gasteiger partial charge >= 0.3 is 6.03 Å². The highest BCUT2D eigenvalue weighted by Crippen LogP contribution is 2.37. The van der Waals surface area contributed by atoms with Crippen molar-refractivity contribution < 1.29 is 9.59 Å². The van der Waals surface area contributed by atoms with Crippen molar-refractivity contribution in [3.63, 3.8) is 0 Å². The summed E-state index contributed by atoms with van der Waals surface area (Å²) >= 11 is 0. The lowest BCUT2D eigenvalue weighted by Crippen LogP contribution is -2.54. The van der Waals surface area contributed by atoms with E-state index < -0.39 is 11.1 Å². The first-order valence-corrected chi connectivity index (χ1v) is 6.00. The normalized spacial score (nSPS) is 21.4. The van der Waals surface area contributed by atoms with Gasteiger partial charge in [0.15, 0.2) is 0 Å². The molecule has 0 bridgehead atoms. The topological polar surface area (TPSA) is 40.6 Å². The number of hydrogen-bond donors (Lipinski definition) is 0. The van der Waals surface area contributed by atoms with Gasteiger partial charge in [0.1, 0.15) is 5.54 Å². The van der Waals surface area contributed by atoms with E-state index in [2.05, 4.69) is 0 Å². The number of urea groups is 1. The summed E-state index contributed by atoms with van der Waals surface area (Å²) in [6.07, 6.45) is 0. The first-order chi connectivity index (χ1) is 7.31. The van der Waals surface area contributed by atoms with Crippen LogP contribution in [0.25, 0.3) is 0 Å². The van der Waals surface area contributed by atoms with Crippen LogP contribution in [0.5, 0.6) is 0 Å². The fraction of sp³-hybridized carbons (Fsp3) is 0.846. The molecule has 0 aromatic heterocycles. The van der Waals surface area contributed by atoms with Gasteiger partial charge in [-0.05, 0) is 55.4 Å². The van der Waals surface area contributed by atoms with Crippen LogP contribution in [0.2, 0.25) is 0 Å². The third-order valence-corrected chi connectivity index (χ3v) is 3.01. The van der Waals surface area contributed by atoms with Crippen molar-refractivity contribution in [2.75, 3.05) is 0 Å². The molecule has 4 heteroatoms. The molecule has 0 spiro atoms. The monoisotopic (exact) mass is 240 g/mol. The Bertz CT molecular complexity index is 359. The average molecular weight is 240 g/mol. The summed E-state index contributed by atoms with van der Waals surface area (Å²) in [5.74, 6) is -0.120. The third-order valence-electron chi connectivity index (χ3n) is 3.01. The van der Waals surface area contributed by atoms with E-state index in [1.54, 1.807) is 4.90 Å². The molecule has 0 saturated carbocycles. The van der Waals surface area contributed by atoms with E-state index >= 15 is 0 Å². The fourth-order valence-corrected chi connectivity index (χ4v) is 2.51. The molecule has 0 aromatic rings. The summed E-state index contributed by atoms with van der Waals surface area (Å²) in [6, 6.07) is -0.194. The smallest absolute Gasteiger partial charge is 0.305 e. The van der Waals surface area contributed by atoms with Crippen LogP contribution in [0.4, 0.5) is 4.79 Å². The van der Waals surface area contributed by atoms with Gasteiger partial charge in [-0.3, -0.25) is 9.69 Å². The van der Waals surface area contributed by atoms with Gasteiger partial charge < -0.3 is 4.90 Å². The Labute approximate surface area is 104 Å². The second kappa shape index (κ2) is 3.47. The molecule has 0 aromatic carbocycles. The molecule has 1 aliphatic heterocycles. The minimum Gasteiger partial charge on any atom is -0.305 e. The Morgan fingerprint density at radius 2 is 1.29 bits per heavy atom. The van der Waals surface area contributed by atoms with Gasteiger partial charge in [0, 0.05) is 11.1 Å². The van der Waals surface area contributed by atoms with Crippen molar-refractivity contribution in [3.8, 4) is 0 Å². The van der Waals surface area contributed by atoms with Crippen molar-refractivity contribution in [3.05, 3.63) is 0 Å². The lowest BCUT2D eigenvalue weighted by atomic mass is 9.96. The molecule has 1 heterocycles. The van der Waals surface area contributed by atoms with Gasteiger partial charge in [0.05, 0.1) is 0 Å². The van der Waals surface area contributed by atoms with Gasteiger partial charge in [-0.1, -0.05) is 0 Å². The fourth-order valence-electron chi connectivity index (χ4n) is 2.51. The number of amides is 3. The van der Waals surface area contributed by atoms with E-state index in [0.29, 0.717) is 0 Å². The van der Waals surface area contributed by atoms with Crippen LogP contribution in [0.1, 0.15) is 55.4 Å². The quantitative estimate of drug-likeness (QED) is 0.611. The lowest BCUT2D eigenvalue weighted by Gasteiger charge is -2.39. The molecule has 17 heavy (non-hydrogen) atoms. The van der Waals surface area contributed by atoms with Crippen molar-refractivity contribution in [2.24, 2.45) is 0 Å². The second-order valence-electron chi connectivity index (χ2n) is 7.16. The molecule has 1 fully saturated rings. The molecule has 0 radical (unpaired) electrons. The molecule has 1 rings (SSSR count). The zero-order valence-electron chi connectivity index (χ0n) is 12.2. The SMILES string of the molecule is CC(C)(C)N1C(=O)N(C(C)(C)C)C(C)(C)C1=O. The van der Waals surface area contributed by atoms with Crippen molar-refractivity contribution in [2.45, 2.75) is 72.0 Å². The highest BCUT2D eigenvalue weighted by molar-refractivity contribution is 6.07. The molecule has 0 atom stereocenters. The van der Waals surface area contributed by atoms with Crippen LogP contribution in [-0.4, -0.2) is 38.4 Å². The zero-order valence-corrected chi connectivity index (χ0v) is 12.2. The minimum atomic E-state index is -0.775. The lowest BCUT2D eigenvalue weighted by molar-refractivity contribution is -0.135. The molecule has 4 nitrogen and oxygen atoms in total. The first-order valence-electron chi connectivity index (χ1n) is 6.00. The summed E-state index contributed by atoms with van der Waals surface area (Å²) in [6.45, 7) is 15.1. The number of imide groups is 1. The number of carbonyl (C=O) groups is 2. The van der Waals surface area contributed by atoms with Crippen LogP contribution in [0, 0.1) is 0 Å². The van der Waals surface area contributed by atoms with Gasteiger partial charge in [-0.15, -0.1) is 0 Å². The van der Waals surface area contributed by atoms with Gasteiger partial charge in [0.25, 0.3) is 5.91 Å². The number of carbonyl (C=O) groups excluding carboxylic acids is 2. The Hall–Kier alpha value is -1.06. The Balaban J connectivity index is 3.31. The van der Waals surface area contributed by atoms with E-state index in [1.807, 2.05) is 55.4 Å². The summed E-state index contributed by atoms with van der Waals surface area (Å²) in [5, 5.41) is 0. The number of hydrogen-bond acceptors (Lipinski definition) is 2. The van der Waals surface area contributed by atoms with E-state index in [9.17, 15) is 9.59 Å². The Kier molecular flexibility index (Phi) is 2.86. The van der Waals surface area contributed by atoms with E-state index in [-0.39, 0.29) is 17.5 Å². The molecular weight excluding hydrogens is 216 g/mol. The summed E-state index contributed by atoms with van der Waals surface area (Å²) in [4.78, 5) is 27.9. The highest BCUT2D eigenvalue weighted by Gasteiger charge is 2.57. The molecule has 0 unspecified atom stereocenters.